The van der Waals surface area contributed by atoms with Crippen molar-refractivity contribution >= 4 is 10.0 Å². The van der Waals surface area contributed by atoms with Crippen molar-refractivity contribution in [3.63, 3.8) is 0 Å². The van der Waals surface area contributed by atoms with Gasteiger partial charge in [-0.25, -0.2) is 8.42 Å². The van der Waals surface area contributed by atoms with Gasteiger partial charge in [0.1, 0.15) is 4.90 Å². The lowest BCUT2D eigenvalue weighted by atomic mass is 10.3. The van der Waals surface area contributed by atoms with Crippen LogP contribution in [0, 0.1) is 6.92 Å². The summed E-state index contributed by atoms with van der Waals surface area (Å²) in [6, 6.07) is 0. The third kappa shape index (κ3) is 3.75. The van der Waals surface area contributed by atoms with Crippen LogP contribution in [0.4, 0.5) is 0 Å². The Morgan fingerprint density at radius 2 is 2.16 bits per heavy atom. The van der Waals surface area contributed by atoms with Crippen LogP contribution in [0.1, 0.15) is 18.3 Å². The molecular weight excluding hydrogens is 268 g/mol. The Kier molecular flexibility index (Phi) is 5.92. The minimum atomic E-state index is -3.54. The summed E-state index contributed by atoms with van der Waals surface area (Å²) in [5.41, 5.74) is 1.07. The summed E-state index contributed by atoms with van der Waals surface area (Å²) in [5, 5.41) is 9.88. The average molecular weight is 290 g/mol. The molecule has 0 aromatic carbocycles. The number of nitrogens with zero attached hydrogens (tertiary/aromatic N) is 2. The zero-order chi connectivity index (χ0) is 14.5. The van der Waals surface area contributed by atoms with E-state index in [4.69, 9.17) is 4.74 Å². The first-order chi connectivity index (χ1) is 8.95. The minimum absolute atomic E-state index is 0.257. The Hall–Kier alpha value is -0.960. The fourth-order valence-corrected chi connectivity index (χ4v) is 3.15. The maximum atomic E-state index is 12.5. The quantitative estimate of drug-likeness (QED) is 0.709. The van der Waals surface area contributed by atoms with E-state index < -0.39 is 10.0 Å². The van der Waals surface area contributed by atoms with Gasteiger partial charge in [0.15, 0.2) is 0 Å². The number of methoxy groups -OCH3 is 1. The Labute approximate surface area is 114 Å². The van der Waals surface area contributed by atoms with Gasteiger partial charge in [0.25, 0.3) is 0 Å². The summed E-state index contributed by atoms with van der Waals surface area (Å²) < 4.78 is 31.2. The topological polar surface area (TPSA) is 87.3 Å². The number of nitrogens with one attached hydrogen (secondary N) is 2. The normalized spacial score (nSPS) is 12.3. The zero-order valence-electron chi connectivity index (χ0n) is 11.9. The van der Waals surface area contributed by atoms with E-state index in [0.29, 0.717) is 31.1 Å². The van der Waals surface area contributed by atoms with Crippen molar-refractivity contribution in [2.75, 3.05) is 33.9 Å². The molecule has 0 radical (unpaired) electrons. The lowest BCUT2D eigenvalue weighted by Gasteiger charge is -2.17. The SMILES string of the molecule is CCNCc1n[nH]c(C)c1S(=O)(=O)N(C)CCOC. The van der Waals surface area contributed by atoms with Crippen molar-refractivity contribution in [1.82, 2.24) is 19.8 Å². The summed E-state index contributed by atoms with van der Waals surface area (Å²) >= 11 is 0. The van der Waals surface area contributed by atoms with E-state index in [0.717, 1.165) is 6.54 Å². The van der Waals surface area contributed by atoms with E-state index in [9.17, 15) is 8.42 Å². The molecule has 1 aromatic heterocycles. The second kappa shape index (κ2) is 6.99. The van der Waals surface area contributed by atoms with E-state index in [1.807, 2.05) is 6.92 Å². The molecule has 1 heterocycles. The standard InChI is InChI=1S/C11H22N4O3S/c1-5-12-8-10-11(9(2)13-14-10)19(16,17)15(3)6-7-18-4/h12H,5-8H2,1-4H3,(H,13,14). The molecule has 0 bridgehead atoms. The molecule has 0 amide bonds. The molecule has 0 unspecified atom stereocenters. The molecule has 0 aliphatic carbocycles. The summed E-state index contributed by atoms with van der Waals surface area (Å²) in [5.74, 6) is 0. The molecule has 2 N–H and O–H groups in total. The van der Waals surface area contributed by atoms with Crippen molar-refractivity contribution in [3.8, 4) is 0 Å². The number of hydrogen-bond acceptors (Lipinski definition) is 5. The summed E-state index contributed by atoms with van der Waals surface area (Å²) in [4.78, 5) is 0.257. The van der Waals surface area contributed by atoms with E-state index in [-0.39, 0.29) is 4.90 Å². The third-order valence-electron chi connectivity index (χ3n) is 2.78. The van der Waals surface area contributed by atoms with Gasteiger partial charge in [-0.1, -0.05) is 6.92 Å². The number of aromatic nitrogens is 2. The average Bonchev–Trinajstić information content (AvgIpc) is 2.75. The van der Waals surface area contributed by atoms with Crippen LogP contribution < -0.4 is 5.32 Å². The monoisotopic (exact) mass is 290 g/mol. The predicted octanol–water partition coefficient (Wildman–Crippen LogP) is 0.0945. The molecular formula is C11H22N4O3S. The van der Waals surface area contributed by atoms with Gasteiger partial charge in [-0.15, -0.1) is 0 Å². The van der Waals surface area contributed by atoms with Gasteiger partial charge in [0.2, 0.25) is 10.0 Å². The molecule has 0 spiro atoms. The van der Waals surface area contributed by atoms with E-state index in [2.05, 4.69) is 15.5 Å². The van der Waals surface area contributed by atoms with Crippen LogP contribution >= 0.6 is 0 Å². The number of rotatable bonds is 8. The molecule has 1 rings (SSSR count). The first-order valence-electron chi connectivity index (χ1n) is 6.15. The molecule has 0 saturated carbocycles. The van der Waals surface area contributed by atoms with Gasteiger partial charge < -0.3 is 10.1 Å². The fraction of sp³-hybridized carbons (Fsp3) is 0.727. The first kappa shape index (κ1) is 16.1. The number of ether oxygens (including phenoxy) is 1. The van der Waals surface area contributed by atoms with Crippen LogP contribution in [0.15, 0.2) is 4.90 Å². The fourth-order valence-electron chi connectivity index (χ4n) is 1.67. The maximum absolute atomic E-state index is 12.5. The van der Waals surface area contributed by atoms with Crippen LogP contribution in [0.3, 0.4) is 0 Å². The van der Waals surface area contributed by atoms with Crippen molar-refractivity contribution < 1.29 is 13.2 Å². The van der Waals surface area contributed by atoms with Crippen LogP contribution in [0.2, 0.25) is 0 Å². The molecule has 19 heavy (non-hydrogen) atoms. The van der Waals surface area contributed by atoms with Crippen LogP contribution in [-0.4, -0.2) is 56.8 Å². The first-order valence-corrected chi connectivity index (χ1v) is 7.59. The Morgan fingerprint density at radius 1 is 1.47 bits per heavy atom. The lowest BCUT2D eigenvalue weighted by Crippen LogP contribution is -2.31. The van der Waals surface area contributed by atoms with Gasteiger partial charge in [0, 0.05) is 27.2 Å². The number of aromatic amines is 1. The highest BCUT2D eigenvalue weighted by molar-refractivity contribution is 7.89. The number of H-pyrrole nitrogens is 1. The molecule has 0 saturated heterocycles. The maximum Gasteiger partial charge on any atom is 0.246 e. The van der Waals surface area contributed by atoms with Crippen LogP contribution in [-0.2, 0) is 21.3 Å². The second-order valence-corrected chi connectivity index (χ2v) is 6.21. The molecule has 7 nitrogen and oxygen atoms in total. The minimum Gasteiger partial charge on any atom is -0.383 e. The van der Waals surface area contributed by atoms with Crippen molar-refractivity contribution in [3.05, 3.63) is 11.4 Å². The molecule has 8 heteroatoms. The molecule has 1 aromatic rings. The van der Waals surface area contributed by atoms with E-state index in [1.54, 1.807) is 14.0 Å². The number of aryl methyl sites for hydroxylation is 1. The zero-order valence-corrected chi connectivity index (χ0v) is 12.7. The van der Waals surface area contributed by atoms with Gasteiger partial charge in [-0.2, -0.15) is 9.40 Å². The van der Waals surface area contributed by atoms with Gasteiger partial charge >= 0.3 is 0 Å². The van der Waals surface area contributed by atoms with Gasteiger partial charge in [0.05, 0.1) is 18.0 Å². The van der Waals surface area contributed by atoms with Crippen molar-refractivity contribution in [2.45, 2.75) is 25.3 Å². The number of hydrogen-bond donors (Lipinski definition) is 2. The molecule has 0 aliphatic rings. The highest BCUT2D eigenvalue weighted by atomic mass is 32.2. The van der Waals surface area contributed by atoms with Crippen LogP contribution in [0.5, 0.6) is 0 Å². The van der Waals surface area contributed by atoms with Gasteiger partial charge in [-0.3, -0.25) is 5.10 Å². The van der Waals surface area contributed by atoms with Crippen molar-refractivity contribution in [1.29, 1.82) is 0 Å². The van der Waals surface area contributed by atoms with E-state index >= 15 is 0 Å². The molecule has 0 aliphatic heterocycles. The van der Waals surface area contributed by atoms with Gasteiger partial charge in [-0.05, 0) is 13.5 Å². The largest absolute Gasteiger partial charge is 0.383 e. The van der Waals surface area contributed by atoms with Crippen LogP contribution in [0.25, 0.3) is 0 Å². The molecule has 110 valence electrons. The highest BCUT2D eigenvalue weighted by Gasteiger charge is 2.28. The smallest absolute Gasteiger partial charge is 0.246 e. The molecule has 0 atom stereocenters. The molecule has 0 fully saturated rings. The van der Waals surface area contributed by atoms with E-state index in [1.165, 1.54) is 11.4 Å². The summed E-state index contributed by atoms with van der Waals surface area (Å²) in [7, 11) is -0.459. The third-order valence-corrected chi connectivity index (χ3v) is 4.84. The lowest BCUT2D eigenvalue weighted by molar-refractivity contribution is 0.185. The Morgan fingerprint density at radius 3 is 2.74 bits per heavy atom. The van der Waals surface area contributed by atoms with Crippen molar-refractivity contribution in [2.24, 2.45) is 0 Å². The Bertz CT molecular complexity index is 498. The summed E-state index contributed by atoms with van der Waals surface area (Å²) in [6.07, 6.45) is 0. The number of sulfonamides is 1. The Balaban J connectivity index is 3.02. The second-order valence-electron chi connectivity index (χ2n) is 4.22. The predicted molar refractivity (Wildman–Crippen MR) is 72.4 cm³/mol. The summed E-state index contributed by atoms with van der Waals surface area (Å²) in [6.45, 7) is 5.51. The highest BCUT2D eigenvalue weighted by Crippen LogP contribution is 2.21. The number of likely N-dealkylation sites (N-methyl/N-ethyl adjacent to an activating group) is 1.